The summed E-state index contributed by atoms with van der Waals surface area (Å²) in [5, 5.41) is 21.9. The van der Waals surface area contributed by atoms with Crippen molar-refractivity contribution in [3.8, 4) is 11.5 Å². The summed E-state index contributed by atoms with van der Waals surface area (Å²) in [6, 6.07) is 3.10. The maximum absolute atomic E-state index is 13.1. The highest BCUT2D eigenvalue weighted by molar-refractivity contribution is 5.66. The molecular formula is C13H15FN4O3. The molecule has 112 valence electrons. The molecule has 1 N–H and O–H groups in total. The van der Waals surface area contributed by atoms with Gasteiger partial charge in [-0.1, -0.05) is 13.8 Å². The fraction of sp³-hybridized carbons (Fsp3) is 0.385. The van der Waals surface area contributed by atoms with Gasteiger partial charge in [0.05, 0.1) is 17.0 Å². The number of halogens is 1. The molecule has 2 rings (SSSR count). The molecule has 8 heteroatoms. The highest BCUT2D eigenvalue weighted by Gasteiger charge is 2.23. The van der Waals surface area contributed by atoms with Crippen LogP contribution in [-0.2, 0) is 0 Å². The molecule has 1 aromatic heterocycles. The molecule has 0 fully saturated rings. The average Bonchev–Trinajstić information content (AvgIpc) is 2.94. The second-order valence-electron chi connectivity index (χ2n) is 4.38. The van der Waals surface area contributed by atoms with E-state index in [0.717, 1.165) is 25.1 Å². The van der Waals surface area contributed by atoms with Gasteiger partial charge in [0, 0.05) is 0 Å². The molecule has 0 aliphatic rings. The number of nitrogens with one attached hydrogen (secondary N) is 1. The molecule has 7 nitrogen and oxygen atoms in total. The fourth-order valence-corrected chi connectivity index (χ4v) is 1.97. The third-order valence-electron chi connectivity index (χ3n) is 2.98. The number of hydrogen-bond donors (Lipinski definition) is 1. The normalized spacial score (nSPS) is 12.3. The smallest absolute Gasteiger partial charge is 0.285 e. The maximum Gasteiger partial charge on any atom is 0.285 e. The van der Waals surface area contributed by atoms with E-state index < -0.39 is 16.4 Å². The fourth-order valence-electron chi connectivity index (χ4n) is 1.97. The molecule has 0 saturated carbocycles. The first-order valence-corrected chi connectivity index (χ1v) is 6.57. The predicted molar refractivity (Wildman–Crippen MR) is 73.1 cm³/mol. The Labute approximate surface area is 120 Å². The van der Waals surface area contributed by atoms with Gasteiger partial charge in [0.15, 0.2) is 0 Å². The second kappa shape index (κ2) is 6.40. The summed E-state index contributed by atoms with van der Waals surface area (Å²) in [4.78, 5) is 10.3. The molecular weight excluding hydrogens is 279 g/mol. The second-order valence-corrected chi connectivity index (χ2v) is 4.38. The molecule has 1 unspecified atom stereocenters. The first kappa shape index (κ1) is 15.0. The van der Waals surface area contributed by atoms with Crippen LogP contribution < -0.4 is 5.32 Å². The summed E-state index contributed by atoms with van der Waals surface area (Å²) in [6.07, 6.45) is 0.737. The van der Waals surface area contributed by atoms with E-state index >= 15 is 0 Å². The lowest BCUT2D eigenvalue weighted by atomic mass is 10.2. The highest BCUT2D eigenvalue weighted by Crippen LogP contribution is 2.30. The van der Waals surface area contributed by atoms with Gasteiger partial charge in [-0.3, -0.25) is 10.1 Å². The highest BCUT2D eigenvalue weighted by atomic mass is 19.1. The molecule has 0 aliphatic carbocycles. The minimum atomic E-state index is -0.690. The zero-order valence-corrected chi connectivity index (χ0v) is 11.7. The Kier molecular flexibility index (Phi) is 4.59. The van der Waals surface area contributed by atoms with Crippen LogP contribution >= 0.6 is 0 Å². The number of aromatic nitrogens is 2. The van der Waals surface area contributed by atoms with E-state index in [9.17, 15) is 14.5 Å². The van der Waals surface area contributed by atoms with Crippen molar-refractivity contribution >= 4 is 5.69 Å². The van der Waals surface area contributed by atoms with Crippen LogP contribution in [0.4, 0.5) is 10.1 Å². The number of nitro groups is 1. The first-order chi connectivity index (χ1) is 10.1. The van der Waals surface area contributed by atoms with E-state index in [1.54, 1.807) is 0 Å². The van der Waals surface area contributed by atoms with Crippen LogP contribution in [0.1, 0.15) is 32.2 Å². The Bertz CT molecular complexity index is 644. The molecule has 1 atom stereocenters. The van der Waals surface area contributed by atoms with Crippen molar-refractivity contribution < 1.29 is 13.7 Å². The van der Waals surface area contributed by atoms with Crippen LogP contribution in [0, 0.1) is 15.9 Å². The van der Waals surface area contributed by atoms with Gasteiger partial charge in [0.25, 0.3) is 11.6 Å². The Balaban J connectivity index is 2.40. The van der Waals surface area contributed by atoms with Gasteiger partial charge in [0.1, 0.15) is 11.4 Å². The minimum Gasteiger partial charge on any atom is -0.419 e. The number of benzene rings is 1. The Morgan fingerprint density at radius 1 is 1.43 bits per heavy atom. The van der Waals surface area contributed by atoms with Gasteiger partial charge in [-0.25, -0.2) is 4.39 Å². The van der Waals surface area contributed by atoms with E-state index in [1.807, 2.05) is 13.8 Å². The van der Waals surface area contributed by atoms with Crippen molar-refractivity contribution in [1.82, 2.24) is 15.5 Å². The predicted octanol–water partition coefficient (Wildman–Crippen LogP) is 2.84. The zero-order chi connectivity index (χ0) is 15.4. The Hall–Kier alpha value is -2.35. The Morgan fingerprint density at radius 3 is 2.81 bits per heavy atom. The maximum atomic E-state index is 13.1. The lowest BCUT2D eigenvalue weighted by Gasteiger charge is -2.10. The largest absolute Gasteiger partial charge is 0.419 e. The van der Waals surface area contributed by atoms with Gasteiger partial charge >= 0.3 is 0 Å². The van der Waals surface area contributed by atoms with Crippen molar-refractivity contribution in [2.24, 2.45) is 0 Å². The van der Waals surface area contributed by atoms with E-state index in [-0.39, 0.29) is 17.5 Å². The molecule has 0 bridgehead atoms. The third kappa shape index (κ3) is 3.22. The average molecular weight is 294 g/mol. The van der Waals surface area contributed by atoms with Crippen LogP contribution in [0.25, 0.3) is 11.5 Å². The van der Waals surface area contributed by atoms with E-state index in [2.05, 4.69) is 15.5 Å². The van der Waals surface area contributed by atoms with Crippen LogP contribution in [0.5, 0.6) is 0 Å². The standard InChI is InChI=1S/C13H15FN4O3/c1-3-10(15-4-2)13-17-16-12(21-13)9-6-5-8(14)7-11(9)18(19)20/h5-7,10,15H,3-4H2,1-2H3. The molecule has 0 aliphatic heterocycles. The first-order valence-electron chi connectivity index (χ1n) is 6.57. The third-order valence-corrected chi connectivity index (χ3v) is 2.98. The van der Waals surface area contributed by atoms with Gasteiger partial charge in [0.2, 0.25) is 5.89 Å². The number of nitro benzene ring substituents is 1. The Morgan fingerprint density at radius 2 is 2.19 bits per heavy atom. The number of hydrogen-bond acceptors (Lipinski definition) is 6. The van der Waals surface area contributed by atoms with Crippen molar-refractivity contribution in [2.75, 3.05) is 6.54 Å². The molecule has 1 aromatic carbocycles. The molecule has 0 amide bonds. The van der Waals surface area contributed by atoms with E-state index in [4.69, 9.17) is 4.42 Å². The van der Waals surface area contributed by atoms with E-state index in [1.165, 1.54) is 6.07 Å². The van der Waals surface area contributed by atoms with Crippen molar-refractivity contribution in [3.05, 3.63) is 40.0 Å². The topological polar surface area (TPSA) is 94.1 Å². The molecule has 2 aromatic rings. The van der Waals surface area contributed by atoms with Crippen molar-refractivity contribution in [2.45, 2.75) is 26.3 Å². The van der Waals surface area contributed by atoms with Gasteiger partial charge < -0.3 is 9.73 Å². The van der Waals surface area contributed by atoms with Gasteiger partial charge in [-0.15, -0.1) is 10.2 Å². The SMILES string of the molecule is CCNC(CC)c1nnc(-c2ccc(F)cc2[N+](=O)[O-])o1. The molecule has 0 saturated heterocycles. The summed E-state index contributed by atoms with van der Waals surface area (Å²) in [5.41, 5.74) is -0.298. The summed E-state index contributed by atoms with van der Waals surface area (Å²) in [5.74, 6) is -0.328. The number of nitrogens with zero attached hydrogens (tertiary/aromatic N) is 3. The van der Waals surface area contributed by atoms with Crippen LogP contribution in [0.3, 0.4) is 0 Å². The molecule has 21 heavy (non-hydrogen) atoms. The van der Waals surface area contributed by atoms with Gasteiger partial charge in [-0.05, 0) is 25.1 Å². The minimum absolute atomic E-state index is 0.00746. The lowest BCUT2D eigenvalue weighted by molar-refractivity contribution is -0.384. The summed E-state index contributed by atoms with van der Waals surface area (Å²) in [7, 11) is 0. The summed E-state index contributed by atoms with van der Waals surface area (Å²) < 4.78 is 18.6. The molecule has 1 heterocycles. The van der Waals surface area contributed by atoms with Crippen LogP contribution in [0.2, 0.25) is 0 Å². The van der Waals surface area contributed by atoms with Gasteiger partial charge in [-0.2, -0.15) is 0 Å². The quantitative estimate of drug-likeness (QED) is 0.650. The van der Waals surface area contributed by atoms with Crippen LogP contribution in [0.15, 0.2) is 22.6 Å². The summed E-state index contributed by atoms with van der Waals surface area (Å²) in [6.45, 7) is 4.63. The number of rotatable bonds is 6. The monoisotopic (exact) mass is 294 g/mol. The summed E-state index contributed by atoms with van der Waals surface area (Å²) >= 11 is 0. The molecule has 0 spiro atoms. The van der Waals surface area contributed by atoms with Crippen LogP contribution in [-0.4, -0.2) is 21.7 Å². The lowest BCUT2D eigenvalue weighted by Crippen LogP contribution is -2.20. The van der Waals surface area contributed by atoms with Crippen molar-refractivity contribution in [1.29, 1.82) is 0 Å². The molecule has 0 radical (unpaired) electrons. The van der Waals surface area contributed by atoms with Crippen molar-refractivity contribution in [3.63, 3.8) is 0 Å². The zero-order valence-electron chi connectivity index (χ0n) is 11.7. The van der Waals surface area contributed by atoms with E-state index in [0.29, 0.717) is 5.89 Å².